The third-order valence-electron chi connectivity index (χ3n) is 4.74. The van der Waals surface area contributed by atoms with Gasteiger partial charge >= 0.3 is 6.18 Å². The minimum Gasteiger partial charge on any atom is -0.353 e. The summed E-state index contributed by atoms with van der Waals surface area (Å²) >= 11 is 2.73. The van der Waals surface area contributed by atoms with E-state index in [9.17, 15) is 17.6 Å². The lowest BCUT2D eigenvalue weighted by Crippen LogP contribution is -2.50. The second-order valence-corrected chi connectivity index (χ2v) is 7.45. The van der Waals surface area contributed by atoms with E-state index in [2.05, 4.69) is 37.9 Å². The number of nitrogens with one attached hydrogen (secondary N) is 1. The van der Waals surface area contributed by atoms with Gasteiger partial charge in [-0.1, -0.05) is 0 Å². The predicted molar refractivity (Wildman–Crippen MR) is 97.0 cm³/mol. The summed E-state index contributed by atoms with van der Waals surface area (Å²) in [5, 5.41) is 3.46. The smallest absolute Gasteiger partial charge is 0.353 e. The van der Waals surface area contributed by atoms with Crippen molar-refractivity contribution in [3.8, 4) is 0 Å². The molecule has 3 aliphatic rings. The molecule has 2 aliphatic heterocycles. The van der Waals surface area contributed by atoms with Gasteiger partial charge in [0, 0.05) is 37.2 Å². The van der Waals surface area contributed by atoms with Gasteiger partial charge in [0.1, 0.15) is 17.5 Å². The molecule has 0 saturated carbocycles. The Labute approximate surface area is 157 Å². The van der Waals surface area contributed by atoms with Crippen molar-refractivity contribution < 1.29 is 17.6 Å². The molecule has 2 bridgehead atoms. The van der Waals surface area contributed by atoms with Gasteiger partial charge < -0.3 is 10.2 Å². The molecule has 26 heavy (non-hydrogen) atoms. The predicted octanol–water partition coefficient (Wildman–Crippen LogP) is 4.22. The monoisotopic (exact) mass is 434 g/mol. The Morgan fingerprint density at radius 3 is 2.46 bits per heavy atom. The van der Waals surface area contributed by atoms with Crippen molar-refractivity contribution in [2.75, 3.05) is 13.1 Å². The average Bonchev–Trinajstić information content (AvgIpc) is 2.91. The molecule has 1 aliphatic carbocycles. The molecule has 0 aromatic rings. The fraction of sp³-hybridized carbons (Fsp3) is 0.529. The van der Waals surface area contributed by atoms with Crippen molar-refractivity contribution in [1.29, 1.82) is 0 Å². The van der Waals surface area contributed by atoms with E-state index in [0.29, 0.717) is 24.7 Å². The molecule has 142 valence electrons. The number of rotatable bonds is 2. The molecule has 0 amide bonds. The number of aliphatic imine (C=N–C) groups is 2. The SMILES string of the molecule is C=N/C(C)=N\C(=C1\C=C(C(F)(F)F)C(Br)=C(F)C1)N1CC2CCC(C1)N2. The maximum absolute atomic E-state index is 14.3. The summed E-state index contributed by atoms with van der Waals surface area (Å²) in [6.45, 7) is 6.25. The second-order valence-electron chi connectivity index (χ2n) is 6.66. The summed E-state index contributed by atoms with van der Waals surface area (Å²) in [5.41, 5.74) is -0.839. The first-order chi connectivity index (χ1) is 12.2. The summed E-state index contributed by atoms with van der Waals surface area (Å²) in [4.78, 5) is 10.0. The molecule has 9 heteroatoms. The topological polar surface area (TPSA) is 40.0 Å². The maximum Gasteiger partial charge on any atom is 0.417 e. The van der Waals surface area contributed by atoms with Crippen molar-refractivity contribution in [1.82, 2.24) is 10.2 Å². The van der Waals surface area contributed by atoms with Crippen LogP contribution in [0.4, 0.5) is 17.6 Å². The van der Waals surface area contributed by atoms with Crippen LogP contribution in [0.5, 0.6) is 0 Å². The molecular weight excluding hydrogens is 416 g/mol. The first kappa shape index (κ1) is 19.3. The zero-order chi connectivity index (χ0) is 19.1. The Hall–Kier alpha value is -1.48. The van der Waals surface area contributed by atoms with Gasteiger partial charge in [-0.05, 0) is 48.5 Å². The lowest BCUT2D eigenvalue weighted by atomic mass is 9.99. The van der Waals surface area contributed by atoms with Crippen LogP contribution >= 0.6 is 15.9 Å². The van der Waals surface area contributed by atoms with Crippen LogP contribution in [0, 0.1) is 0 Å². The van der Waals surface area contributed by atoms with E-state index in [1.165, 1.54) is 0 Å². The number of allylic oxidation sites excluding steroid dienone is 5. The number of fused-ring (bicyclic) bond motifs is 2. The minimum absolute atomic E-state index is 0.197. The van der Waals surface area contributed by atoms with Gasteiger partial charge in [0.15, 0.2) is 0 Å². The van der Waals surface area contributed by atoms with E-state index >= 15 is 0 Å². The van der Waals surface area contributed by atoms with Crippen LogP contribution < -0.4 is 5.32 Å². The van der Waals surface area contributed by atoms with E-state index in [0.717, 1.165) is 18.9 Å². The Balaban J connectivity index is 2.08. The number of nitrogens with zero attached hydrogens (tertiary/aromatic N) is 3. The third kappa shape index (κ3) is 3.93. The largest absolute Gasteiger partial charge is 0.417 e. The third-order valence-corrected chi connectivity index (χ3v) is 5.60. The van der Waals surface area contributed by atoms with Crippen LogP contribution in [-0.4, -0.2) is 48.8 Å². The number of hydrogen-bond acceptors (Lipinski definition) is 3. The van der Waals surface area contributed by atoms with E-state index in [1.54, 1.807) is 6.92 Å². The molecule has 2 fully saturated rings. The zero-order valence-corrected chi connectivity index (χ0v) is 15.8. The first-order valence-electron chi connectivity index (χ1n) is 8.28. The van der Waals surface area contributed by atoms with Gasteiger partial charge in [-0.25, -0.2) is 14.4 Å². The Morgan fingerprint density at radius 2 is 1.92 bits per heavy atom. The van der Waals surface area contributed by atoms with Crippen molar-refractivity contribution in [3.05, 3.63) is 33.4 Å². The number of likely N-dealkylation sites (tertiary alicyclic amines) is 1. The van der Waals surface area contributed by atoms with Gasteiger partial charge in [0.2, 0.25) is 0 Å². The van der Waals surface area contributed by atoms with Crippen molar-refractivity contribution >= 4 is 28.5 Å². The lowest BCUT2D eigenvalue weighted by Gasteiger charge is -2.36. The molecule has 0 spiro atoms. The van der Waals surface area contributed by atoms with E-state index in [1.807, 2.05) is 4.90 Å². The Bertz CT molecular complexity index is 724. The minimum atomic E-state index is -4.66. The highest BCUT2D eigenvalue weighted by molar-refractivity contribution is 9.12. The second kappa shape index (κ2) is 7.26. The van der Waals surface area contributed by atoms with Crippen LogP contribution in [0.25, 0.3) is 0 Å². The zero-order valence-electron chi connectivity index (χ0n) is 14.2. The lowest BCUT2D eigenvalue weighted by molar-refractivity contribution is -0.0889. The number of amidine groups is 1. The van der Waals surface area contributed by atoms with E-state index < -0.39 is 22.1 Å². The summed E-state index contributed by atoms with van der Waals surface area (Å²) in [6, 6.07) is 0.525. The van der Waals surface area contributed by atoms with Crippen LogP contribution in [0.15, 0.2) is 43.3 Å². The van der Waals surface area contributed by atoms with Crippen LogP contribution in [0.1, 0.15) is 26.2 Å². The van der Waals surface area contributed by atoms with Gasteiger partial charge in [-0.2, -0.15) is 13.2 Å². The van der Waals surface area contributed by atoms with E-state index in [4.69, 9.17) is 0 Å². The molecule has 4 nitrogen and oxygen atoms in total. The number of piperazine rings is 1. The Kier molecular flexibility index (Phi) is 5.39. The fourth-order valence-electron chi connectivity index (χ4n) is 3.53. The van der Waals surface area contributed by atoms with Crippen molar-refractivity contribution in [2.45, 2.75) is 44.4 Å². The van der Waals surface area contributed by atoms with Crippen LogP contribution in [0.3, 0.4) is 0 Å². The van der Waals surface area contributed by atoms with Gasteiger partial charge in [-0.3, -0.25) is 0 Å². The highest BCUT2D eigenvalue weighted by atomic mass is 79.9. The quantitative estimate of drug-likeness (QED) is 0.401. The first-order valence-corrected chi connectivity index (χ1v) is 9.08. The summed E-state index contributed by atoms with van der Waals surface area (Å²) in [6.07, 6.45) is -1.91. The molecule has 1 N–H and O–H groups in total. The molecule has 2 atom stereocenters. The van der Waals surface area contributed by atoms with Crippen molar-refractivity contribution in [3.63, 3.8) is 0 Å². The highest BCUT2D eigenvalue weighted by Gasteiger charge is 2.40. The molecule has 0 aromatic heterocycles. The molecule has 2 unspecified atom stereocenters. The Morgan fingerprint density at radius 1 is 1.31 bits per heavy atom. The molecule has 3 rings (SSSR count). The number of hydrogen-bond donors (Lipinski definition) is 1. The molecule has 0 aromatic carbocycles. The number of alkyl halides is 3. The van der Waals surface area contributed by atoms with E-state index in [-0.39, 0.29) is 24.1 Å². The average molecular weight is 435 g/mol. The fourth-order valence-corrected chi connectivity index (χ4v) is 4.01. The van der Waals surface area contributed by atoms with Gasteiger partial charge in [0.05, 0.1) is 10.1 Å². The van der Waals surface area contributed by atoms with Gasteiger partial charge in [-0.15, -0.1) is 0 Å². The summed E-state index contributed by atoms with van der Waals surface area (Å²) < 4.78 is 53.6. The normalized spacial score (nSPS) is 29.1. The maximum atomic E-state index is 14.3. The molecule has 0 radical (unpaired) electrons. The van der Waals surface area contributed by atoms with Crippen LogP contribution in [-0.2, 0) is 0 Å². The molecular formula is C17H19BrF4N4. The molecule has 2 saturated heterocycles. The molecule has 2 heterocycles. The standard InChI is InChI=1S/C17H19BrF4N4/c1-9(23-2)24-16(26-7-11-3-4-12(8-26)25-11)10-5-13(17(20,21)22)15(18)14(19)6-10/h5,11-12,25H,2-4,6-8H2,1H3/b16-10+,24-9-. The summed E-state index contributed by atoms with van der Waals surface area (Å²) in [5.74, 6) is -0.190. The van der Waals surface area contributed by atoms with Crippen LogP contribution in [0.2, 0.25) is 0 Å². The van der Waals surface area contributed by atoms with Crippen molar-refractivity contribution in [2.24, 2.45) is 9.98 Å². The summed E-state index contributed by atoms with van der Waals surface area (Å²) in [7, 11) is 0. The van der Waals surface area contributed by atoms with Gasteiger partial charge in [0.25, 0.3) is 0 Å². The highest BCUT2D eigenvalue weighted by Crippen LogP contribution is 2.43. The number of halogens is 5.